The lowest BCUT2D eigenvalue weighted by atomic mass is 9.58. The Kier molecular flexibility index (Phi) is 8.69. The lowest BCUT2D eigenvalue weighted by molar-refractivity contribution is -0.346. The molecule has 4 aliphatic carbocycles. The number of fused-ring (bicyclic) bond motifs is 3. The van der Waals surface area contributed by atoms with Crippen LogP contribution in [0.3, 0.4) is 0 Å². The summed E-state index contributed by atoms with van der Waals surface area (Å²) in [6.45, 7) is 3.66. The molecule has 5 fully saturated rings. The normalized spacial score (nSPS) is 45.9. The van der Waals surface area contributed by atoms with Crippen molar-refractivity contribution in [1.29, 1.82) is 0 Å². The molecule has 0 radical (unpaired) electrons. The maximum atomic E-state index is 13.0. The molecule has 2 heterocycles. The van der Waals surface area contributed by atoms with Gasteiger partial charge in [-0.25, -0.2) is 0 Å². The molecule has 6 aliphatic rings. The molecule has 0 spiro atoms. The number of alkyl halides is 3. The third kappa shape index (κ3) is 5.97. The van der Waals surface area contributed by atoms with E-state index in [1.807, 2.05) is 0 Å². The van der Waals surface area contributed by atoms with Gasteiger partial charge < -0.3 is 14.2 Å². The first-order valence-electron chi connectivity index (χ1n) is 15.8. The number of nitrogens with zero attached hydrogens (tertiary/aromatic N) is 1. The predicted molar refractivity (Wildman–Crippen MR) is 142 cm³/mol. The van der Waals surface area contributed by atoms with Crippen molar-refractivity contribution in [3.05, 3.63) is 12.2 Å². The third-order valence-corrected chi connectivity index (χ3v) is 11.5. The third-order valence-electron chi connectivity index (χ3n) is 11.5. The Labute approximate surface area is 232 Å². The second-order valence-electron chi connectivity index (χ2n) is 13.3. The van der Waals surface area contributed by atoms with Gasteiger partial charge in [-0.3, -0.25) is 9.64 Å². The zero-order valence-corrected chi connectivity index (χ0v) is 23.6. The fraction of sp³-hybridized carbons (Fsp3) is 0.935. The van der Waals surface area contributed by atoms with Crippen LogP contribution in [0.1, 0.15) is 83.5 Å². The van der Waals surface area contributed by atoms with Gasteiger partial charge in [-0.05, 0) is 94.3 Å². The Bertz CT molecular complexity index is 832. The van der Waals surface area contributed by atoms with Crippen LogP contribution in [0.2, 0.25) is 0 Å². The predicted octanol–water partition coefficient (Wildman–Crippen LogP) is 6.51. The first-order chi connectivity index (χ1) is 18.9. The van der Waals surface area contributed by atoms with Gasteiger partial charge >= 0.3 is 6.36 Å². The van der Waals surface area contributed by atoms with E-state index in [1.54, 1.807) is 7.11 Å². The molecule has 6 unspecified atom stereocenters. The fourth-order valence-corrected chi connectivity index (χ4v) is 9.64. The van der Waals surface area contributed by atoms with Gasteiger partial charge in [-0.2, -0.15) is 0 Å². The minimum absolute atomic E-state index is 0.187. The summed E-state index contributed by atoms with van der Waals surface area (Å²) in [5.41, 5.74) is -0.389. The molecule has 5 nitrogen and oxygen atoms in total. The molecule has 2 aliphatic heterocycles. The molecule has 0 aromatic heterocycles. The van der Waals surface area contributed by atoms with Gasteiger partial charge in [-0.1, -0.05) is 25.0 Å². The Morgan fingerprint density at radius 3 is 2.05 bits per heavy atom. The highest BCUT2D eigenvalue weighted by Gasteiger charge is 2.55. The molecule has 0 bridgehead atoms. The fourth-order valence-electron chi connectivity index (χ4n) is 9.64. The average molecular weight is 556 g/mol. The molecule has 222 valence electrons. The van der Waals surface area contributed by atoms with E-state index < -0.39 is 12.5 Å². The van der Waals surface area contributed by atoms with Crippen molar-refractivity contribution in [1.82, 2.24) is 4.90 Å². The van der Waals surface area contributed by atoms with E-state index >= 15 is 0 Å². The van der Waals surface area contributed by atoms with E-state index in [2.05, 4.69) is 21.8 Å². The molecule has 8 heteroatoms. The van der Waals surface area contributed by atoms with Crippen LogP contribution in [0.15, 0.2) is 12.2 Å². The molecular formula is C31H48F3NO4. The van der Waals surface area contributed by atoms with Crippen LogP contribution in [0, 0.1) is 29.6 Å². The maximum absolute atomic E-state index is 13.0. The van der Waals surface area contributed by atoms with Crippen molar-refractivity contribution in [3.63, 3.8) is 0 Å². The van der Waals surface area contributed by atoms with Crippen molar-refractivity contribution in [3.8, 4) is 0 Å². The number of ether oxygens (including phenoxy) is 4. The SMILES string of the molecule is COC1CCC(C2(C3CCC(OC(F)(F)F)CC3)C=CC3C(CC(N4CCOCC4)C4CCCCC34)O2)CC1. The van der Waals surface area contributed by atoms with Crippen LogP contribution < -0.4 is 0 Å². The number of methoxy groups -OCH3 is 1. The van der Waals surface area contributed by atoms with Gasteiger partial charge in [-0.15, -0.1) is 13.2 Å². The van der Waals surface area contributed by atoms with E-state index in [9.17, 15) is 13.2 Å². The molecule has 6 atom stereocenters. The van der Waals surface area contributed by atoms with Crippen molar-refractivity contribution in [2.45, 2.75) is 120 Å². The summed E-state index contributed by atoms with van der Waals surface area (Å²) < 4.78 is 62.2. The molecule has 0 aromatic carbocycles. The Morgan fingerprint density at radius 2 is 1.44 bits per heavy atom. The quantitative estimate of drug-likeness (QED) is 0.362. The lowest BCUT2D eigenvalue weighted by Gasteiger charge is -2.58. The molecule has 0 amide bonds. The Balaban J connectivity index is 1.26. The smallest absolute Gasteiger partial charge is 0.381 e. The molecular weight excluding hydrogens is 507 g/mol. The molecule has 0 aromatic rings. The van der Waals surface area contributed by atoms with E-state index in [-0.39, 0.29) is 17.6 Å². The number of hydrogen-bond donors (Lipinski definition) is 0. The summed E-state index contributed by atoms with van der Waals surface area (Å²) in [7, 11) is 1.80. The van der Waals surface area contributed by atoms with Gasteiger partial charge in [0, 0.05) is 32.2 Å². The first-order valence-corrected chi connectivity index (χ1v) is 15.8. The summed E-state index contributed by atoms with van der Waals surface area (Å²) in [6, 6.07) is 0.546. The summed E-state index contributed by atoms with van der Waals surface area (Å²) in [6.07, 6.45) is 13.0. The minimum Gasteiger partial charge on any atom is -0.381 e. The number of rotatable bonds is 5. The summed E-state index contributed by atoms with van der Waals surface area (Å²) in [5.74, 6) is 2.47. The molecule has 1 saturated heterocycles. The van der Waals surface area contributed by atoms with E-state index in [0.717, 1.165) is 77.2 Å². The number of morpholine rings is 1. The van der Waals surface area contributed by atoms with E-state index in [4.69, 9.17) is 14.2 Å². The van der Waals surface area contributed by atoms with E-state index in [1.165, 1.54) is 25.7 Å². The summed E-state index contributed by atoms with van der Waals surface area (Å²) in [5, 5.41) is 0. The average Bonchev–Trinajstić information content (AvgIpc) is 2.96. The zero-order chi connectivity index (χ0) is 27.0. The monoisotopic (exact) mass is 555 g/mol. The van der Waals surface area contributed by atoms with Crippen LogP contribution in [0.25, 0.3) is 0 Å². The lowest BCUT2D eigenvalue weighted by Crippen LogP contribution is -2.61. The molecule has 4 saturated carbocycles. The van der Waals surface area contributed by atoms with Crippen LogP contribution in [-0.4, -0.2) is 74.6 Å². The highest BCUT2D eigenvalue weighted by molar-refractivity contribution is 5.19. The van der Waals surface area contributed by atoms with Gasteiger partial charge in [0.05, 0.1) is 37.1 Å². The van der Waals surface area contributed by atoms with Gasteiger partial charge in [0.15, 0.2) is 0 Å². The van der Waals surface area contributed by atoms with Crippen molar-refractivity contribution < 1.29 is 32.1 Å². The first kappa shape index (κ1) is 28.4. The standard InChI is InChI=1S/C31H48F3NO4/c1-36-23-10-6-21(7-11-23)30(22-8-12-24(13-9-22)38-31(32,33)34)15-14-27-25-4-2-3-5-26(25)28(20-29(27)39-30)35-16-18-37-19-17-35/h14-15,21-29H,2-13,16-20H2,1H3. The van der Waals surface area contributed by atoms with Crippen molar-refractivity contribution in [2.24, 2.45) is 29.6 Å². The highest BCUT2D eigenvalue weighted by atomic mass is 19.4. The Hall–Kier alpha value is -0.670. The second-order valence-corrected chi connectivity index (χ2v) is 13.3. The van der Waals surface area contributed by atoms with Crippen molar-refractivity contribution >= 4 is 0 Å². The van der Waals surface area contributed by atoms with Gasteiger partial charge in [0.25, 0.3) is 0 Å². The van der Waals surface area contributed by atoms with Crippen molar-refractivity contribution in [2.75, 3.05) is 33.4 Å². The largest absolute Gasteiger partial charge is 0.522 e. The number of hydrogen-bond acceptors (Lipinski definition) is 5. The van der Waals surface area contributed by atoms with Gasteiger partial charge in [0.1, 0.15) is 0 Å². The van der Waals surface area contributed by atoms with E-state index in [0.29, 0.717) is 42.7 Å². The number of halogens is 3. The maximum Gasteiger partial charge on any atom is 0.522 e. The summed E-state index contributed by atoms with van der Waals surface area (Å²) >= 11 is 0. The van der Waals surface area contributed by atoms with Gasteiger partial charge in [0.2, 0.25) is 0 Å². The van der Waals surface area contributed by atoms with Crippen LogP contribution in [0.4, 0.5) is 13.2 Å². The van der Waals surface area contributed by atoms with Crippen LogP contribution in [-0.2, 0) is 18.9 Å². The molecule has 0 N–H and O–H groups in total. The molecule has 6 rings (SSSR count). The minimum atomic E-state index is -4.56. The summed E-state index contributed by atoms with van der Waals surface area (Å²) in [4.78, 5) is 2.69. The zero-order valence-electron chi connectivity index (χ0n) is 23.6. The second kappa shape index (κ2) is 11.9. The topological polar surface area (TPSA) is 40.2 Å². The molecule has 39 heavy (non-hydrogen) atoms. The Morgan fingerprint density at radius 1 is 0.821 bits per heavy atom. The van der Waals surface area contributed by atoms with Crippen LogP contribution in [0.5, 0.6) is 0 Å². The van der Waals surface area contributed by atoms with Crippen LogP contribution >= 0.6 is 0 Å². The highest BCUT2D eigenvalue weighted by Crippen LogP contribution is 2.55.